The van der Waals surface area contributed by atoms with Crippen molar-refractivity contribution in [3.8, 4) is 23.0 Å². The third-order valence-electron chi connectivity index (χ3n) is 10.8. The zero-order valence-electron chi connectivity index (χ0n) is 39.6. The fourth-order valence-electron chi connectivity index (χ4n) is 7.90. The molecule has 364 valence electrons. The summed E-state index contributed by atoms with van der Waals surface area (Å²) in [6.07, 6.45) is 2.46. The van der Waals surface area contributed by atoms with Crippen molar-refractivity contribution in [2.45, 2.75) is 73.0 Å². The second-order valence-electron chi connectivity index (χ2n) is 15.5. The Morgan fingerprint density at radius 1 is 0.552 bits per heavy atom. The molecule has 15 nitrogen and oxygen atoms in total. The van der Waals surface area contributed by atoms with Crippen molar-refractivity contribution in [3.63, 3.8) is 0 Å². The van der Waals surface area contributed by atoms with Gasteiger partial charge in [0.15, 0.2) is 6.04 Å². The van der Waals surface area contributed by atoms with Crippen LogP contribution in [-0.4, -0.2) is 132 Å². The number of nitrogens with zero attached hydrogens (tertiary/aromatic N) is 1. The number of rotatable bonds is 27. The number of fused-ring (bicyclic) bond motifs is 8. The molecular weight excluding hydrogens is 863 g/mol. The van der Waals surface area contributed by atoms with Gasteiger partial charge in [-0.15, -0.1) is 0 Å². The lowest BCUT2D eigenvalue weighted by molar-refractivity contribution is -0.145. The lowest BCUT2D eigenvalue weighted by Gasteiger charge is -2.24. The molecule has 8 bridgehead atoms. The van der Waals surface area contributed by atoms with Crippen molar-refractivity contribution >= 4 is 18.2 Å². The first-order valence-electron chi connectivity index (χ1n) is 23.2. The van der Waals surface area contributed by atoms with Gasteiger partial charge in [-0.2, -0.15) is 0 Å². The highest BCUT2D eigenvalue weighted by Crippen LogP contribution is 2.40. The Bertz CT molecular complexity index is 2240. The molecule has 0 fully saturated rings. The molecular formula is C52H67NO14. The average molecular weight is 930 g/mol. The number of hydrogen-bond acceptors (Lipinski definition) is 14. The quantitative estimate of drug-likeness (QED) is 0.0292. The number of aromatic carboxylic acids is 1. The van der Waals surface area contributed by atoms with Gasteiger partial charge in [-0.25, -0.2) is 9.59 Å². The molecule has 5 rings (SSSR count). The van der Waals surface area contributed by atoms with E-state index in [2.05, 4.69) is 4.99 Å². The molecule has 3 N–H and O–H groups in total. The molecule has 0 saturated heterocycles. The molecule has 1 atom stereocenters. The predicted octanol–water partition coefficient (Wildman–Crippen LogP) is 6.56. The highest BCUT2D eigenvalue weighted by molar-refractivity contribution is 5.89. The number of aliphatic hydroxyl groups excluding tert-OH is 2. The largest absolute Gasteiger partial charge is 0.491 e. The summed E-state index contributed by atoms with van der Waals surface area (Å²) in [4.78, 5) is 30.2. The van der Waals surface area contributed by atoms with Crippen molar-refractivity contribution in [3.05, 3.63) is 116 Å². The lowest BCUT2D eigenvalue weighted by atomic mass is 9.89. The molecule has 0 amide bonds. The van der Waals surface area contributed by atoms with Crippen molar-refractivity contribution in [1.82, 2.24) is 0 Å². The zero-order chi connectivity index (χ0) is 48.0. The summed E-state index contributed by atoms with van der Waals surface area (Å²) in [7, 11) is 0. The van der Waals surface area contributed by atoms with E-state index in [9.17, 15) is 24.9 Å². The minimum atomic E-state index is -1.17. The standard InChI is InChI=1S/C52H67NO14/c1-6-59-14-18-64-47-37-12-11-13-38(47)27-43-30-45(51(56)57)31-44(50(43)67-21-17-62-9-4)29-40-23-35(32-53-46(34-55)52(58)63-10-5)22-39(48(40)65-19-15-60-7-2)28-42-25-36(33-54)24-41(26-37)49(42)66-20-16-61-8-3/h11-13,22-25,30-32,46,54-55H,6-10,14-21,26-29,33-34H2,1-5H3,(H,56,57)/t46-/m0/s1. The maximum Gasteiger partial charge on any atom is 0.335 e. The van der Waals surface area contributed by atoms with Crippen molar-refractivity contribution in [2.24, 2.45) is 4.99 Å². The molecule has 15 heteroatoms. The van der Waals surface area contributed by atoms with Gasteiger partial charge in [-0.05, 0) is 127 Å². The first-order chi connectivity index (χ1) is 32.7. The molecule has 1 aliphatic rings. The monoisotopic (exact) mass is 929 g/mol. The number of ether oxygens (including phenoxy) is 9. The second kappa shape index (κ2) is 27.9. The van der Waals surface area contributed by atoms with Gasteiger partial charge in [-0.1, -0.05) is 18.2 Å². The third kappa shape index (κ3) is 15.2. The van der Waals surface area contributed by atoms with Crippen LogP contribution in [0.1, 0.15) is 101 Å². The Balaban J connectivity index is 1.87. The summed E-state index contributed by atoms with van der Waals surface area (Å²) < 4.78 is 54.5. The van der Waals surface area contributed by atoms with Crippen LogP contribution in [0.4, 0.5) is 0 Å². The van der Waals surface area contributed by atoms with Gasteiger partial charge in [-0.3, -0.25) is 4.99 Å². The smallest absolute Gasteiger partial charge is 0.335 e. The highest BCUT2D eigenvalue weighted by atomic mass is 16.5. The number of carbonyl (C=O) groups is 2. The van der Waals surface area contributed by atoms with E-state index in [0.29, 0.717) is 116 Å². The van der Waals surface area contributed by atoms with Gasteiger partial charge in [0.25, 0.3) is 0 Å². The number of para-hydroxylation sites is 1. The number of carboxylic acid groups (broad SMARTS) is 1. The van der Waals surface area contributed by atoms with E-state index in [0.717, 1.165) is 22.3 Å². The van der Waals surface area contributed by atoms with Crippen LogP contribution >= 0.6 is 0 Å². The van der Waals surface area contributed by atoms with E-state index in [1.54, 1.807) is 19.1 Å². The van der Waals surface area contributed by atoms with Gasteiger partial charge in [0, 0.05) is 58.3 Å². The van der Waals surface area contributed by atoms with E-state index >= 15 is 0 Å². The minimum absolute atomic E-state index is 0.0654. The molecule has 1 aliphatic carbocycles. The van der Waals surface area contributed by atoms with Crippen LogP contribution in [0.5, 0.6) is 23.0 Å². The molecule has 0 heterocycles. The van der Waals surface area contributed by atoms with Gasteiger partial charge >= 0.3 is 11.9 Å². The van der Waals surface area contributed by atoms with Crippen LogP contribution in [0, 0.1) is 0 Å². The highest BCUT2D eigenvalue weighted by Gasteiger charge is 2.25. The van der Waals surface area contributed by atoms with E-state index in [-0.39, 0.29) is 64.5 Å². The van der Waals surface area contributed by atoms with Gasteiger partial charge in [0.1, 0.15) is 49.4 Å². The Labute approximate surface area is 393 Å². The van der Waals surface area contributed by atoms with Crippen LogP contribution in [0.2, 0.25) is 0 Å². The van der Waals surface area contributed by atoms with Crippen LogP contribution in [0.15, 0.2) is 59.6 Å². The molecule has 0 aliphatic heterocycles. The Kier molecular flexibility index (Phi) is 21.9. The number of carbonyl (C=O) groups excluding carboxylic acids is 1. The topological polar surface area (TPSA) is 190 Å². The normalized spacial score (nSPS) is 12.8. The Morgan fingerprint density at radius 2 is 0.940 bits per heavy atom. The van der Waals surface area contributed by atoms with Crippen LogP contribution in [-0.2, 0) is 60.8 Å². The predicted molar refractivity (Wildman–Crippen MR) is 253 cm³/mol. The molecule has 0 radical (unpaired) electrons. The van der Waals surface area contributed by atoms with Gasteiger partial charge in [0.2, 0.25) is 0 Å². The minimum Gasteiger partial charge on any atom is -0.491 e. The summed E-state index contributed by atoms with van der Waals surface area (Å²) in [6.45, 7) is 12.9. The zero-order valence-corrected chi connectivity index (χ0v) is 39.6. The maximum atomic E-state index is 13.0. The first kappa shape index (κ1) is 52.4. The first-order valence-corrected chi connectivity index (χ1v) is 23.2. The van der Waals surface area contributed by atoms with Crippen molar-refractivity contribution in [1.29, 1.82) is 0 Å². The maximum absolute atomic E-state index is 13.0. The molecule has 4 aromatic rings. The Morgan fingerprint density at radius 3 is 1.31 bits per heavy atom. The number of hydrogen-bond donors (Lipinski definition) is 3. The molecule has 0 spiro atoms. The molecule has 0 unspecified atom stereocenters. The fourth-order valence-corrected chi connectivity index (χ4v) is 7.90. The van der Waals surface area contributed by atoms with E-state index < -0.39 is 24.6 Å². The van der Waals surface area contributed by atoms with Crippen molar-refractivity contribution < 1.29 is 67.5 Å². The lowest BCUT2D eigenvalue weighted by Crippen LogP contribution is -2.25. The van der Waals surface area contributed by atoms with Crippen LogP contribution in [0.25, 0.3) is 0 Å². The molecule has 67 heavy (non-hydrogen) atoms. The number of esters is 1. The number of aliphatic hydroxyl groups is 2. The SMILES string of the molecule is CCOCCOc1c2cccc1Cc1cc(C(=O)O)cc(c1OCCOCC)Cc1cc(C=N[C@@H](CO)C(=O)OCC)cc(c1OCCOCC)Cc1cc(CO)cc(c1OCCOCC)C2. The summed E-state index contributed by atoms with van der Waals surface area (Å²) in [5.41, 5.74) is 7.03. The van der Waals surface area contributed by atoms with Crippen molar-refractivity contribution in [2.75, 3.05) is 92.5 Å². The van der Waals surface area contributed by atoms with Crippen LogP contribution in [0.3, 0.4) is 0 Å². The molecule has 4 aromatic carbocycles. The van der Waals surface area contributed by atoms with Gasteiger partial charge < -0.3 is 58.0 Å². The van der Waals surface area contributed by atoms with E-state index in [1.807, 2.05) is 70.2 Å². The summed E-state index contributed by atoms with van der Waals surface area (Å²) in [5, 5.41) is 31.5. The number of aliphatic imine (C=N–C) groups is 1. The van der Waals surface area contributed by atoms with Crippen LogP contribution < -0.4 is 18.9 Å². The summed E-state index contributed by atoms with van der Waals surface area (Å²) in [6, 6.07) is 15.6. The van der Waals surface area contributed by atoms with Gasteiger partial charge in [0.05, 0.1) is 51.8 Å². The third-order valence-corrected chi connectivity index (χ3v) is 10.8. The summed E-state index contributed by atoms with van der Waals surface area (Å²) >= 11 is 0. The fraction of sp³-hybridized carbons (Fsp3) is 0.481. The van der Waals surface area contributed by atoms with E-state index in [1.165, 1.54) is 6.21 Å². The average Bonchev–Trinajstić information content (AvgIpc) is 3.31. The van der Waals surface area contributed by atoms with E-state index in [4.69, 9.17) is 42.6 Å². The number of benzene rings is 4. The second-order valence-corrected chi connectivity index (χ2v) is 15.5. The molecule has 0 saturated carbocycles. The summed E-state index contributed by atoms with van der Waals surface area (Å²) in [5.74, 6) is 0.464. The Hall–Kier alpha value is -5.55. The molecule has 0 aromatic heterocycles. The number of carboxylic acids is 1.